The Bertz CT molecular complexity index is 847. The molecule has 0 aromatic carbocycles. The zero-order chi connectivity index (χ0) is 18.0. The number of amides is 1. The third kappa shape index (κ3) is 3.67. The van der Waals surface area contributed by atoms with E-state index in [1.807, 2.05) is 4.90 Å². The lowest BCUT2D eigenvalue weighted by molar-refractivity contribution is 0.0931. The zero-order valence-electron chi connectivity index (χ0n) is 14.7. The summed E-state index contributed by atoms with van der Waals surface area (Å²) in [6, 6.07) is -0.0475. The number of anilines is 1. The van der Waals surface area contributed by atoms with Gasteiger partial charge in [0.25, 0.3) is 11.5 Å². The van der Waals surface area contributed by atoms with Crippen LogP contribution in [0.4, 0.5) is 5.82 Å². The Morgan fingerprint density at radius 2 is 2.12 bits per heavy atom. The molecule has 0 spiro atoms. The second-order valence-electron chi connectivity index (χ2n) is 6.34. The van der Waals surface area contributed by atoms with Gasteiger partial charge in [0.15, 0.2) is 5.82 Å². The van der Waals surface area contributed by atoms with E-state index < -0.39 is 0 Å². The number of nitrogens with one attached hydrogen (secondary N) is 1. The fraction of sp³-hybridized carbons (Fsp3) is 0.471. The van der Waals surface area contributed by atoms with E-state index in [0.29, 0.717) is 29.4 Å². The highest BCUT2D eigenvalue weighted by Crippen LogP contribution is 2.15. The van der Waals surface area contributed by atoms with Crippen molar-refractivity contribution in [3.05, 3.63) is 46.0 Å². The zero-order valence-corrected chi connectivity index (χ0v) is 14.7. The van der Waals surface area contributed by atoms with Crippen LogP contribution in [-0.4, -0.2) is 44.6 Å². The molecule has 1 atom stereocenters. The molecule has 0 unspecified atom stereocenters. The first-order chi connectivity index (χ1) is 12.0. The van der Waals surface area contributed by atoms with E-state index in [9.17, 15) is 9.59 Å². The van der Waals surface area contributed by atoms with Crippen molar-refractivity contribution in [2.45, 2.75) is 32.7 Å². The minimum absolute atomic E-state index is 0.0475. The topological polar surface area (TPSA) is 93.0 Å². The van der Waals surface area contributed by atoms with Crippen molar-refractivity contribution in [2.75, 3.05) is 18.0 Å². The normalized spacial score (nSPS) is 17.4. The highest BCUT2D eigenvalue weighted by molar-refractivity contribution is 5.95. The highest BCUT2D eigenvalue weighted by atomic mass is 16.2. The van der Waals surface area contributed by atoms with E-state index in [-0.39, 0.29) is 17.5 Å². The molecule has 0 saturated carbocycles. The number of carbonyl (C=O) groups excluding carboxylic acids is 1. The van der Waals surface area contributed by atoms with Gasteiger partial charge in [-0.05, 0) is 26.7 Å². The summed E-state index contributed by atoms with van der Waals surface area (Å²) in [5, 5.41) is 3.03. The molecule has 1 aliphatic rings. The Balaban J connectivity index is 1.72. The standard InChI is InChI=1S/C17H22N6O2/c1-11-14(9-19-12(2)20-11)16(24)21-13-5-4-7-23(10-13)15-17(25)22(3)8-6-18-15/h6,8-9,13H,4-5,7,10H2,1-3H3,(H,21,24)/t13-/m1/s1. The van der Waals surface area contributed by atoms with E-state index >= 15 is 0 Å². The van der Waals surface area contributed by atoms with Gasteiger partial charge in [-0.1, -0.05) is 0 Å². The Kier molecular flexibility index (Phi) is 4.78. The van der Waals surface area contributed by atoms with Crippen LogP contribution in [0.3, 0.4) is 0 Å². The van der Waals surface area contributed by atoms with Gasteiger partial charge in [0.2, 0.25) is 0 Å². The molecule has 2 aromatic rings. The molecule has 3 rings (SSSR count). The quantitative estimate of drug-likeness (QED) is 0.877. The van der Waals surface area contributed by atoms with Crippen molar-refractivity contribution in [3.63, 3.8) is 0 Å². The average Bonchev–Trinajstić information content (AvgIpc) is 2.57. The number of rotatable bonds is 3. The van der Waals surface area contributed by atoms with E-state index in [2.05, 4.69) is 20.3 Å². The molecule has 1 aliphatic heterocycles. The molecular formula is C17H22N6O2. The van der Waals surface area contributed by atoms with Crippen LogP contribution in [0.15, 0.2) is 23.4 Å². The number of aryl methyl sites for hydroxylation is 3. The lowest BCUT2D eigenvalue weighted by Crippen LogP contribution is -2.49. The maximum Gasteiger partial charge on any atom is 0.293 e. The smallest absolute Gasteiger partial charge is 0.293 e. The minimum atomic E-state index is -0.182. The van der Waals surface area contributed by atoms with Gasteiger partial charge in [-0.2, -0.15) is 0 Å². The second kappa shape index (κ2) is 7.00. The van der Waals surface area contributed by atoms with Crippen LogP contribution in [0.5, 0.6) is 0 Å². The summed E-state index contributed by atoms with van der Waals surface area (Å²) in [6.07, 6.45) is 6.55. The van der Waals surface area contributed by atoms with E-state index in [0.717, 1.165) is 19.4 Å². The molecular weight excluding hydrogens is 320 g/mol. The molecule has 1 saturated heterocycles. The monoisotopic (exact) mass is 342 g/mol. The summed E-state index contributed by atoms with van der Waals surface area (Å²) < 4.78 is 1.51. The summed E-state index contributed by atoms with van der Waals surface area (Å²) in [4.78, 5) is 39.3. The molecule has 0 aliphatic carbocycles. The molecule has 0 bridgehead atoms. The van der Waals surface area contributed by atoms with Crippen molar-refractivity contribution >= 4 is 11.7 Å². The third-order valence-electron chi connectivity index (χ3n) is 4.40. The van der Waals surface area contributed by atoms with Gasteiger partial charge in [-0.25, -0.2) is 15.0 Å². The van der Waals surface area contributed by atoms with Gasteiger partial charge in [-0.3, -0.25) is 9.59 Å². The average molecular weight is 342 g/mol. The van der Waals surface area contributed by atoms with Gasteiger partial charge in [0, 0.05) is 44.8 Å². The van der Waals surface area contributed by atoms with E-state index in [1.54, 1.807) is 39.5 Å². The summed E-state index contributed by atoms with van der Waals surface area (Å²) >= 11 is 0. The van der Waals surface area contributed by atoms with Crippen molar-refractivity contribution in [3.8, 4) is 0 Å². The first kappa shape index (κ1) is 17.1. The van der Waals surface area contributed by atoms with Gasteiger partial charge in [0.05, 0.1) is 11.3 Å². The Labute approximate surface area is 145 Å². The number of nitrogens with zero attached hydrogens (tertiary/aromatic N) is 5. The number of hydrogen-bond donors (Lipinski definition) is 1. The van der Waals surface area contributed by atoms with Crippen molar-refractivity contribution < 1.29 is 4.79 Å². The Morgan fingerprint density at radius 1 is 1.32 bits per heavy atom. The van der Waals surface area contributed by atoms with Crippen LogP contribution in [-0.2, 0) is 7.05 Å². The fourth-order valence-electron chi connectivity index (χ4n) is 3.06. The molecule has 132 valence electrons. The van der Waals surface area contributed by atoms with Crippen LogP contribution in [0.1, 0.15) is 34.7 Å². The van der Waals surface area contributed by atoms with Crippen LogP contribution in [0.25, 0.3) is 0 Å². The van der Waals surface area contributed by atoms with E-state index in [4.69, 9.17) is 0 Å². The molecule has 1 fully saturated rings. The number of hydrogen-bond acceptors (Lipinski definition) is 6. The Morgan fingerprint density at radius 3 is 2.88 bits per heavy atom. The van der Waals surface area contributed by atoms with Crippen molar-refractivity contribution in [1.29, 1.82) is 0 Å². The lowest BCUT2D eigenvalue weighted by Gasteiger charge is -2.33. The van der Waals surface area contributed by atoms with Crippen molar-refractivity contribution in [2.24, 2.45) is 7.05 Å². The molecule has 8 heteroatoms. The minimum Gasteiger partial charge on any atom is -0.350 e. The SMILES string of the molecule is Cc1ncc(C(=O)N[C@@H]2CCCN(c3nccn(C)c3=O)C2)c(C)n1. The largest absolute Gasteiger partial charge is 0.350 e. The van der Waals surface area contributed by atoms with Crippen LogP contribution >= 0.6 is 0 Å². The van der Waals surface area contributed by atoms with Crippen LogP contribution < -0.4 is 15.8 Å². The molecule has 3 heterocycles. The predicted octanol–water partition coefficient (Wildman–Crippen LogP) is 0.586. The number of carbonyl (C=O) groups is 1. The van der Waals surface area contributed by atoms with Gasteiger partial charge < -0.3 is 14.8 Å². The van der Waals surface area contributed by atoms with Gasteiger partial charge in [0.1, 0.15) is 5.82 Å². The third-order valence-corrected chi connectivity index (χ3v) is 4.40. The lowest BCUT2D eigenvalue weighted by atomic mass is 10.0. The molecule has 25 heavy (non-hydrogen) atoms. The summed E-state index contributed by atoms with van der Waals surface area (Å²) in [5.41, 5.74) is 1.02. The van der Waals surface area contributed by atoms with Crippen LogP contribution in [0, 0.1) is 13.8 Å². The summed E-state index contributed by atoms with van der Waals surface area (Å²) in [7, 11) is 1.71. The Hall–Kier alpha value is -2.77. The fourth-order valence-corrected chi connectivity index (χ4v) is 3.06. The molecule has 0 radical (unpaired) electrons. The second-order valence-corrected chi connectivity index (χ2v) is 6.34. The van der Waals surface area contributed by atoms with Crippen molar-refractivity contribution in [1.82, 2.24) is 24.8 Å². The first-order valence-corrected chi connectivity index (χ1v) is 8.33. The molecule has 1 amide bonds. The molecule has 8 nitrogen and oxygen atoms in total. The van der Waals surface area contributed by atoms with Crippen LogP contribution in [0.2, 0.25) is 0 Å². The molecule has 1 N–H and O–H groups in total. The molecule has 2 aromatic heterocycles. The number of aromatic nitrogens is 4. The van der Waals surface area contributed by atoms with Gasteiger partial charge in [-0.15, -0.1) is 0 Å². The summed E-state index contributed by atoms with van der Waals surface area (Å²) in [5.74, 6) is 0.890. The maximum absolute atomic E-state index is 12.5. The number of piperidine rings is 1. The first-order valence-electron chi connectivity index (χ1n) is 8.33. The summed E-state index contributed by atoms with van der Waals surface area (Å²) in [6.45, 7) is 4.91. The van der Waals surface area contributed by atoms with E-state index in [1.165, 1.54) is 4.57 Å². The predicted molar refractivity (Wildman–Crippen MR) is 93.7 cm³/mol. The maximum atomic E-state index is 12.5. The highest BCUT2D eigenvalue weighted by Gasteiger charge is 2.25. The van der Waals surface area contributed by atoms with Gasteiger partial charge >= 0.3 is 0 Å².